The number of hydrogen-bond donors (Lipinski definition) is 2. The van der Waals surface area contributed by atoms with Crippen LogP contribution in [0.5, 0.6) is 0 Å². The molecule has 1 aliphatic rings. The first-order chi connectivity index (χ1) is 13.7. The molecule has 0 radical (unpaired) electrons. The fourth-order valence-corrected chi connectivity index (χ4v) is 3.95. The minimum absolute atomic E-state index is 0.0835. The summed E-state index contributed by atoms with van der Waals surface area (Å²) in [4.78, 5) is 16.7. The van der Waals surface area contributed by atoms with Crippen molar-refractivity contribution in [2.24, 2.45) is 0 Å². The quantitative estimate of drug-likeness (QED) is 0.723. The minimum Gasteiger partial charge on any atom is -0.333 e. The van der Waals surface area contributed by atoms with Gasteiger partial charge in [-0.15, -0.1) is 0 Å². The lowest BCUT2D eigenvalue weighted by molar-refractivity contribution is 0.0405. The van der Waals surface area contributed by atoms with Crippen molar-refractivity contribution in [1.82, 2.24) is 9.80 Å². The van der Waals surface area contributed by atoms with Gasteiger partial charge in [0.15, 0.2) is 0 Å². The molecule has 2 N–H and O–H groups in total. The summed E-state index contributed by atoms with van der Waals surface area (Å²) in [6.45, 7) is 5.48. The molecule has 0 saturated carbocycles. The van der Waals surface area contributed by atoms with Gasteiger partial charge in [0, 0.05) is 49.0 Å². The van der Waals surface area contributed by atoms with E-state index in [1.54, 1.807) is 29.2 Å². The Morgan fingerprint density at radius 1 is 1.17 bits per heavy atom. The number of anilines is 1. The fourth-order valence-electron chi connectivity index (χ4n) is 3.61. The molecule has 0 aromatic heterocycles. The highest BCUT2D eigenvalue weighted by molar-refractivity contribution is 7.80. The molecular formula is C20H23F2N3O3S. The first kappa shape index (κ1) is 21.4. The molecule has 3 atom stereocenters. The maximum atomic E-state index is 13.5. The largest absolute Gasteiger partial charge is 0.333 e. The van der Waals surface area contributed by atoms with Gasteiger partial charge in [0.2, 0.25) is 0 Å². The van der Waals surface area contributed by atoms with Gasteiger partial charge < -0.3 is 4.90 Å². The Morgan fingerprint density at radius 2 is 1.79 bits per heavy atom. The molecule has 3 rings (SSSR count). The summed E-state index contributed by atoms with van der Waals surface area (Å²) in [6, 6.07) is 9.63. The lowest BCUT2D eigenvalue weighted by Gasteiger charge is -2.42. The summed E-state index contributed by atoms with van der Waals surface area (Å²) >= 11 is -2.17. The van der Waals surface area contributed by atoms with E-state index in [1.165, 1.54) is 12.1 Å². The Morgan fingerprint density at radius 3 is 2.34 bits per heavy atom. The van der Waals surface area contributed by atoms with E-state index in [0.29, 0.717) is 36.4 Å². The van der Waals surface area contributed by atoms with Gasteiger partial charge in [0.1, 0.15) is 11.6 Å². The van der Waals surface area contributed by atoms with Crippen LogP contribution in [0, 0.1) is 11.6 Å². The monoisotopic (exact) mass is 423 g/mol. The molecule has 6 nitrogen and oxygen atoms in total. The van der Waals surface area contributed by atoms with E-state index in [0.717, 1.165) is 6.07 Å². The number of nitrogens with one attached hydrogen (secondary N) is 1. The molecule has 9 heteroatoms. The average Bonchev–Trinajstić information content (AvgIpc) is 2.66. The van der Waals surface area contributed by atoms with Crippen LogP contribution in [-0.2, 0) is 11.3 Å². The number of amides is 1. The Bertz CT molecular complexity index is 890. The summed E-state index contributed by atoms with van der Waals surface area (Å²) in [7, 11) is 0. The zero-order chi connectivity index (χ0) is 21.1. The molecule has 156 valence electrons. The topological polar surface area (TPSA) is 72.9 Å². The predicted molar refractivity (Wildman–Crippen MR) is 108 cm³/mol. The molecule has 2 aromatic rings. The normalized spacial score (nSPS) is 19.6. The molecule has 1 fully saturated rings. The van der Waals surface area contributed by atoms with Crippen molar-refractivity contribution >= 4 is 22.9 Å². The van der Waals surface area contributed by atoms with Gasteiger partial charge in [-0.1, -0.05) is 0 Å². The highest BCUT2D eigenvalue weighted by atomic mass is 32.2. The number of piperazine rings is 1. The molecule has 1 amide bonds. The van der Waals surface area contributed by atoms with E-state index in [-0.39, 0.29) is 18.0 Å². The molecular weight excluding hydrogens is 400 g/mol. The molecule has 0 bridgehead atoms. The first-order valence-electron chi connectivity index (χ1n) is 9.23. The van der Waals surface area contributed by atoms with Gasteiger partial charge >= 0.3 is 0 Å². The Hall–Kier alpha value is -2.36. The van der Waals surface area contributed by atoms with Crippen molar-refractivity contribution in [3.05, 3.63) is 65.2 Å². The van der Waals surface area contributed by atoms with Gasteiger partial charge in [-0.25, -0.2) is 13.0 Å². The standard InChI is InChI=1S/C20H23F2N3O3S/c1-13-12-24(14(2)16-9-17(21)11-18(22)10-16)7-8-25(13)20(26)15-3-5-19(6-4-15)23-29(27)28/h3-6,9-11,13-14,23H,7-8,12H2,1-2H3,(H,27,28). The number of halogens is 2. The van der Waals surface area contributed by atoms with Crippen molar-refractivity contribution in [3.63, 3.8) is 0 Å². The zero-order valence-electron chi connectivity index (χ0n) is 16.1. The van der Waals surface area contributed by atoms with Crippen molar-refractivity contribution < 1.29 is 22.3 Å². The number of hydrogen-bond acceptors (Lipinski definition) is 3. The van der Waals surface area contributed by atoms with Gasteiger partial charge in [-0.2, -0.15) is 0 Å². The molecule has 29 heavy (non-hydrogen) atoms. The Labute approximate surface area is 170 Å². The second-order valence-corrected chi connectivity index (χ2v) is 7.85. The smallest absolute Gasteiger partial charge is 0.259 e. The van der Waals surface area contributed by atoms with Crippen molar-refractivity contribution in [2.75, 3.05) is 24.4 Å². The van der Waals surface area contributed by atoms with Crippen molar-refractivity contribution in [2.45, 2.75) is 25.9 Å². The van der Waals surface area contributed by atoms with E-state index in [9.17, 15) is 17.8 Å². The molecule has 1 saturated heterocycles. The molecule has 3 unspecified atom stereocenters. The number of rotatable bonds is 5. The second kappa shape index (κ2) is 8.98. The molecule has 1 heterocycles. The van der Waals surface area contributed by atoms with E-state index in [4.69, 9.17) is 4.55 Å². The van der Waals surface area contributed by atoms with Gasteiger partial charge in [-0.05, 0) is 55.8 Å². The van der Waals surface area contributed by atoms with Crippen LogP contribution in [0.15, 0.2) is 42.5 Å². The van der Waals surface area contributed by atoms with Crippen LogP contribution < -0.4 is 4.72 Å². The second-order valence-electron chi connectivity index (χ2n) is 7.15. The maximum Gasteiger partial charge on any atom is 0.259 e. The lowest BCUT2D eigenvalue weighted by atomic mass is 10.0. The highest BCUT2D eigenvalue weighted by Gasteiger charge is 2.30. The molecule has 0 spiro atoms. The Balaban J connectivity index is 1.66. The van der Waals surface area contributed by atoms with E-state index < -0.39 is 22.9 Å². The van der Waals surface area contributed by atoms with Crippen LogP contribution in [0.2, 0.25) is 0 Å². The first-order valence-corrected chi connectivity index (χ1v) is 10.3. The summed E-state index contributed by atoms with van der Waals surface area (Å²) in [5.74, 6) is -1.33. The van der Waals surface area contributed by atoms with Gasteiger partial charge in [0.25, 0.3) is 17.2 Å². The summed E-state index contributed by atoms with van der Waals surface area (Å²) in [6.07, 6.45) is 0. The summed E-state index contributed by atoms with van der Waals surface area (Å²) in [5, 5.41) is 0. The number of benzene rings is 2. The van der Waals surface area contributed by atoms with Crippen molar-refractivity contribution in [3.8, 4) is 0 Å². The van der Waals surface area contributed by atoms with E-state index >= 15 is 0 Å². The predicted octanol–water partition coefficient (Wildman–Crippen LogP) is 3.42. The number of nitrogens with zero attached hydrogens (tertiary/aromatic N) is 2. The third-order valence-corrected chi connectivity index (χ3v) is 5.58. The average molecular weight is 423 g/mol. The summed E-state index contributed by atoms with van der Waals surface area (Å²) in [5.41, 5.74) is 1.50. The third kappa shape index (κ3) is 5.17. The number of carbonyl (C=O) groups is 1. The fraction of sp³-hybridized carbons (Fsp3) is 0.350. The van der Waals surface area contributed by atoms with E-state index in [1.807, 2.05) is 13.8 Å². The highest BCUT2D eigenvalue weighted by Crippen LogP contribution is 2.26. The molecule has 0 aliphatic carbocycles. The van der Waals surface area contributed by atoms with Crippen molar-refractivity contribution in [1.29, 1.82) is 0 Å². The minimum atomic E-state index is -2.17. The third-order valence-electron chi connectivity index (χ3n) is 5.17. The van der Waals surface area contributed by atoms with E-state index in [2.05, 4.69) is 9.62 Å². The van der Waals surface area contributed by atoms with Crippen LogP contribution in [-0.4, -0.2) is 50.1 Å². The van der Waals surface area contributed by atoms with Crippen LogP contribution in [0.4, 0.5) is 14.5 Å². The van der Waals surface area contributed by atoms with Crippen LogP contribution in [0.25, 0.3) is 0 Å². The maximum absolute atomic E-state index is 13.5. The zero-order valence-corrected chi connectivity index (χ0v) is 17.0. The SMILES string of the molecule is CC(c1cc(F)cc(F)c1)N1CCN(C(=O)c2ccc(NS(=O)O)cc2)C(C)C1. The summed E-state index contributed by atoms with van der Waals surface area (Å²) < 4.78 is 49.0. The lowest BCUT2D eigenvalue weighted by Crippen LogP contribution is -2.54. The molecule has 1 aliphatic heterocycles. The van der Waals surface area contributed by atoms with Gasteiger partial charge in [-0.3, -0.25) is 19.0 Å². The number of carbonyl (C=O) groups excluding carboxylic acids is 1. The van der Waals surface area contributed by atoms with Gasteiger partial charge in [0.05, 0.1) is 0 Å². The van der Waals surface area contributed by atoms with Crippen LogP contribution in [0.3, 0.4) is 0 Å². The van der Waals surface area contributed by atoms with Crippen LogP contribution >= 0.6 is 0 Å². The Kier molecular flexibility index (Phi) is 6.61. The molecule has 2 aromatic carbocycles. The van der Waals surface area contributed by atoms with Crippen LogP contribution in [0.1, 0.15) is 35.8 Å².